The van der Waals surface area contributed by atoms with Gasteiger partial charge in [0, 0.05) is 11.8 Å². The highest BCUT2D eigenvalue weighted by Gasteiger charge is 2.20. The third-order valence-corrected chi connectivity index (χ3v) is 3.82. The Balaban J connectivity index is 3.17. The zero-order valence-corrected chi connectivity index (χ0v) is 9.84. The summed E-state index contributed by atoms with van der Waals surface area (Å²) in [4.78, 5) is 13.0. The van der Waals surface area contributed by atoms with E-state index in [1.165, 1.54) is 11.3 Å². The molecule has 1 aromatic heterocycles. The minimum Gasteiger partial charge on any atom is -0.294 e. The van der Waals surface area contributed by atoms with E-state index in [1.54, 1.807) is 6.92 Å². The monoisotopic (exact) mass is 216 g/mol. The van der Waals surface area contributed by atoms with Crippen LogP contribution in [0.1, 0.15) is 42.2 Å². The number of halogens is 1. The average Bonchev–Trinajstić information content (AvgIpc) is 2.29. The number of thiophene rings is 1. The molecule has 0 atom stereocenters. The Morgan fingerprint density at radius 3 is 2.23 bits per heavy atom. The van der Waals surface area contributed by atoms with Crippen molar-refractivity contribution in [1.82, 2.24) is 0 Å². The summed E-state index contributed by atoms with van der Waals surface area (Å²) in [5.41, 5.74) is 0.0714. The fourth-order valence-corrected chi connectivity index (χ4v) is 2.40. The maximum atomic E-state index is 11.1. The van der Waals surface area contributed by atoms with Gasteiger partial charge in [-0.3, -0.25) is 4.79 Å². The summed E-state index contributed by atoms with van der Waals surface area (Å²) in [5.74, 6) is 0.0468. The smallest absolute Gasteiger partial charge is 0.171 e. The molecule has 0 aliphatic rings. The van der Waals surface area contributed by atoms with Crippen LogP contribution < -0.4 is 0 Å². The Morgan fingerprint density at radius 2 is 2.00 bits per heavy atom. The van der Waals surface area contributed by atoms with Crippen LogP contribution in [0.5, 0.6) is 0 Å². The van der Waals surface area contributed by atoms with Gasteiger partial charge in [-0.15, -0.1) is 11.3 Å². The molecule has 3 heteroatoms. The first-order valence-corrected chi connectivity index (χ1v) is 5.32. The van der Waals surface area contributed by atoms with Gasteiger partial charge in [0.2, 0.25) is 0 Å². The minimum atomic E-state index is 0.0468. The molecule has 0 radical (unpaired) electrons. The van der Waals surface area contributed by atoms with E-state index < -0.39 is 0 Å². The van der Waals surface area contributed by atoms with E-state index in [0.29, 0.717) is 9.90 Å². The molecular weight excluding hydrogens is 204 g/mol. The number of hydrogen-bond acceptors (Lipinski definition) is 2. The number of rotatable bonds is 1. The molecular formula is C10H13ClOS. The topological polar surface area (TPSA) is 17.1 Å². The number of hydrogen-bond donors (Lipinski definition) is 0. The molecule has 1 aromatic rings. The van der Waals surface area contributed by atoms with E-state index in [9.17, 15) is 4.79 Å². The van der Waals surface area contributed by atoms with Crippen molar-refractivity contribution in [2.75, 3.05) is 0 Å². The SMILES string of the molecule is CC(=O)c1sc(C(C)(C)C)cc1Cl. The number of Topliss-reactive ketones (excluding diaryl/α,β-unsaturated/α-hetero) is 1. The Hall–Kier alpha value is -0.340. The molecule has 1 rings (SSSR count). The summed E-state index contributed by atoms with van der Waals surface area (Å²) >= 11 is 7.43. The highest BCUT2D eigenvalue weighted by atomic mass is 35.5. The molecule has 13 heavy (non-hydrogen) atoms. The van der Waals surface area contributed by atoms with E-state index in [2.05, 4.69) is 20.8 Å². The Labute approximate surface area is 87.7 Å². The fourth-order valence-electron chi connectivity index (χ4n) is 0.978. The summed E-state index contributed by atoms with van der Waals surface area (Å²) in [6, 6.07) is 1.89. The van der Waals surface area contributed by atoms with Gasteiger partial charge in [-0.1, -0.05) is 32.4 Å². The average molecular weight is 217 g/mol. The molecule has 0 spiro atoms. The molecule has 0 N–H and O–H groups in total. The third-order valence-electron chi connectivity index (χ3n) is 1.75. The van der Waals surface area contributed by atoms with Crippen molar-refractivity contribution in [2.24, 2.45) is 0 Å². The molecule has 0 fully saturated rings. The summed E-state index contributed by atoms with van der Waals surface area (Å²) < 4.78 is 0. The quantitative estimate of drug-likeness (QED) is 0.651. The van der Waals surface area contributed by atoms with E-state index in [0.717, 1.165) is 4.88 Å². The van der Waals surface area contributed by atoms with E-state index >= 15 is 0 Å². The van der Waals surface area contributed by atoms with Crippen LogP contribution in [0.4, 0.5) is 0 Å². The summed E-state index contributed by atoms with van der Waals surface area (Å²) in [7, 11) is 0. The van der Waals surface area contributed by atoms with E-state index in [-0.39, 0.29) is 11.2 Å². The number of carbonyl (C=O) groups excluding carboxylic acids is 1. The normalized spacial score (nSPS) is 11.8. The van der Waals surface area contributed by atoms with Crippen LogP contribution in [-0.2, 0) is 5.41 Å². The zero-order chi connectivity index (χ0) is 10.2. The van der Waals surface area contributed by atoms with Gasteiger partial charge in [0.15, 0.2) is 5.78 Å². The number of carbonyl (C=O) groups is 1. The first-order valence-electron chi connectivity index (χ1n) is 4.13. The van der Waals surface area contributed by atoms with Gasteiger partial charge in [0.25, 0.3) is 0 Å². The van der Waals surface area contributed by atoms with Gasteiger partial charge in [-0.2, -0.15) is 0 Å². The van der Waals surface area contributed by atoms with Crippen molar-refractivity contribution in [3.63, 3.8) is 0 Å². The standard InChI is InChI=1S/C10H13ClOS/c1-6(12)9-7(11)5-8(13-9)10(2,3)4/h5H,1-4H3. The first-order chi connectivity index (χ1) is 5.82. The lowest BCUT2D eigenvalue weighted by atomic mass is 9.95. The molecule has 0 aliphatic carbocycles. The van der Waals surface area contributed by atoms with Gasteiger partial charge in [-0.05, 0) is 11.5 Å². The lowest BCUT2D eigenvalue weighted by Crippen LogP contribution is -2.07. The van der Waals surface area contributed by atoms with Crippen LogP contribution in [0.15, 0.2) is 6.07 Å². The van der Waals surface area contributed by atoms with Gasteiger partial charge in [0.05, 0.1) is 9.90 Å². The lowest BCUT2D eigenvalue weighted by molar-refractivity contribution is 0.102. The van der Waals surface area contributed by atoms with Gasteiger partial charge in [0.1, 0.15) is 0 Å². The molecule has 0 saturated carbocycles. The van der Waals surface area contributed by atoms with Crippen molar-refractivity contribution in [3.05, 3.63) is 20.8 Å². The minimum absolute atomic E-state index is 0.0468. The molecule has 72 valence electrons. The van der Waals surface area contributed by atoms with E-state index in [4.69, 9.17) is 11.6 Å². The van der Waals surface area contributed by atoms with Crippen LogP contribution >= 0.6 is 22.9 Å². The Bertz CT molecular complexity index is 333. The molecule has 1 heterocycles. The molecule has 0 aliphatic heterocycles. The van der Waals surface area contributed by atoms with E-state index in [1.807, 2.05) is 6.07 Å². The Kier molecular flexibility index (Phi) is 2.83. The van der Waals surface area contributed by atoms with Gasteiger partial charge in [-0.25, -0.2) is 0 Å². The number of ketones is 1. The van der Waals surface area contributed by atoms with Crippen LogP contribution in [0.2, 0.25) is 5.02 Å². The molecule has 0 bridgehead atoms. The summed E-state index contributed by atoms with van der Waals surface area (Å²) in [6.45, 7) is 7.88. The van der Waals surface area contributed by atoms with Crippen molar-refractivity contribution < 1.29 is 4.79 Å². The van der Waals surface area contributed by atoms with Crippen LogP contribution in [-0.4, -0.2) is 5.78 Å². The van der Waals surface area contributed by atoms with Crippen LogP contribution in [0.25, 0.3) is 0 Å². The van der Waals surface area contributed by atoms with Crippen molar-refractivity contribution in [3.8, 4) is 0 Å². The second-order valence-corrected chi connectivity index (χ2v) is 5.55. The maximum Gasteiger partial charge on any atom is 0.171 e. The highest BCUT2D eigenvalue weighted by Crippen LogP contribution is 2.35. The van der Waals surface area contributed by atoms with Crippen molar-refractivity contribution >= 4 is 28.7 Å². The highest BCUT2D eigenvalue weighted by molar-refractivity contribution is 7.14. The third kappa shape index (κ3) is 2.32. The maximum absolute atomic E-state index is 11.1. The predicted octanol–water partition coefficient (Wildman–Crippen LogP) is 3.90. The fraction of sp³-hybridized carbons (Fsp3) is 0.500. The molecule has 0 aromatic carbocycles. The Morgan fingerprint density at radius 1 is 1.46 bits per heavy atom. The summed E-state index contributed by atoms with van der Waals surface area (Å²) in [6.07, 6.45) is 0. The molecule has 0 amide bonds. The van der Waals surface area contributed by atoms with Crippen LogP contribution in [0, 0.1) is 0 Å². The molecule has 0 saturated heterocycles. The predicted molar refractivity (Wildman–Crippen MR) is 58.0 cm³/mol. The largest absolute Gasteiger partial charge is 0.294 e. The zero-order valence-electron chi connectivity index (χ0n) is 8.27. The van der Waals surface area contributed by atoms with Crippen molar-refractivity contribution in [2.45, 2.75) is 33.1 Å². The van der Waals surface area contributed by atoms with Gasteiger partial charge >= 0.3 is 0 Å². The second kappa shape index (κ2) is 3.43. The summed E-state index contributed by atoms with van der Waals surface area (Å²) in [5, 5.41) is 0.586. The second-order valence-electron chi connectivity index (χ2n) is 4.09. The lowest BCUT2D eigenvalue weighted by Gasteiger charge is -2.14. The van der Waals surface area contributed by atoms with Crippen LogP contribution in [0.3, 0.4) is 0 Å². The van der Waals surface area contributed by atoms with Crippen molar-refractivity contribution in [1.29, 1.82) is 0 Å². The molecule has 0 unspecified atom stereocenters. The first kappa shape index (κ1) is 10.7. The molecule has 1 nitrogen and oxygen atoms in total. The van der Waals surface area contributed by atoms with Gasteiger partial charge < -0.3 is 0 Å².